The fraction of sp³-hybridized carbons (Fsp3) is 0.630. The standard InChI is InChI=1S/C54H76N6O12/c1-28(2)27-59-23-19-54(20-24-59)56-42-39-40-47(65)34(8)50-41(39)51(67)53(9,72-50)70-25-18-36(69-12)31(5)49(71-38(62)26-37(61)60-21-16-35(17-22-60)58(10)11)33(7)46(64)32(6)45(63)29(3)14-13-15-30(4)52(68)55-44(48(40)66)43(42)57-54/h13-15,18,25,28-29,31-33,35-36,45-46,49,56,63-66H,16-17,19-24,26-27H2,1-12H3/b14-13+,25-18+,30-15-,55-44?/t29-,31+,32+,33+,36-,45-,46+,49+,53-/m0/s1. The molecule has 0 aliphatic carbocycles. The lowest BCUT2D eigenvalue weighted by Gasteiger charge is -2.38. The van der Waals surface area contributed by atoms with Crippen LogP contribution in [0, 0.1) is 36.5 Å². The Hall–Kier alpha value is -5.40. The van der Waals surface area contributed by atoms with Crippen LogP contribution in [-0.4, -0.2) is 155 Å². The van der Waals surface area contributed by atoms with Gasteiger partial charge in [-0.15, -0.1) is 0 Å². The number of ketones is 1. The molecule has 0 unspecified atom stereocenters. The van der Waals surface area contributed by atoms with Crippen molar-refractivity contribution >= 4 is 40.0 Å². The summed E-state index contributed by atoms with van der Waals surface area (Å²) in [5.41, 5.74) is -0.224. The zero-order valence-corrected chi connectivity index (χ0v) is 44.0. The van der Waals surface area contributed by atoms with Crippen LogP contribution in [0.3, 0.4) is 0 Å². The highest BCUT2D eigenvalue weighted by molar-refractivity contribution is 6.21. The maximum absolute atomic E-state index is 14.9. The number of Topliss-reactive ketones (excluding diaryl/α,β-unsaturated/α-hetero) is 1. The first-order valence-corrected chi connectivity index (χ1v) is 25.5. The van der Waals surface area contributed by atoms with Gasteiger partial charge >= 0.3 is 11.8 Å². The van der Waals surface area contributed by atoms with Gasteiger partial charge in [-0.05, 0) is 52.8 Å². The Morgan fingerprint density at radius 3 is 2.22 bits per heavy atom. The van der Waals surface area contributed by atoms with E-state index in [9.17, 15) is 39.6 Å². The summed E-state index contributed by atoms with van der Waals surface area (Å²) in [4.78, 5) is 71.9. The van der Waals surface area contributed by atoms with Crippen LogP contribution >= 0.6 is 0 Å². The number of fused-ring (bicyclic) bond motifs is 13. The topological polar surface area (TPSA) is 233 Å². The van der Waals surface area contributed by atoms with Crippen LogP contribution in [0.4, 0.5) is 5.69 Å². The van der Waals surface area contributed by atoms with Gasteiger partial charge in [-0.1, -0.05) is 59.8 Å². The minimum atomic E-state index is -2.01. The highest BCUT2D eigenvalue weighted by Crippen LogP contribution is 2.51. The number of phenols is 2. The maximum atomic E-state index is 14.9. The average molecular weight is 1000 g/mol. The third-order valence-electron chi connectivity index (χ3n) is 15.7. The zero-order valence-electron chi connectivity index (χ0n) is 44.0. The largest absolute Gasteiger partial charge is 0.507 e. The van der Waals surface area contributed by atoms with E-state index in [2.05, 4.69) is 34.0 Å². The molecular weight excluding hydrogens is 925 g/mol. The van der Waals surface area contributed by atoms with Crippen LogP contribution in [0.2, 0.25) is 0 Å². The van der Waals surface area contributed by atoms with Crippen molar-refractivity contribution in [2.24, 2.45) is 39.6 Å². The number of nitrogens with zero attached hydrogens (tertiary/aromatic N) is 5. The first kappa shape index (κ1) is 54.4. The number of phenolic OH excluding ortho intramolecular Hbond substituents is 2. The Morgan fingerprint density at radius 1 is 0.931 bits per heavy atom. The molecule has 6 heterocycles. The number of piperidine rings is 2. The second-order valence-electron chi connectivity index (χ2n) is 21.6. The van der Waals surface area contributed by atoms with Crippen LogP contribution in [0.5, 0.6) is 17.2 Å². The number of esters is 1. The van der Waals surface area contributed by atoms with E-state index in [-0.39, 0.29) is 49.8 Å². The van der Waals surface area contributed by atoms with Crippen molar-refractivity contribution in [3.05, 3.63) is 58.0 Å². The number of aliphatic hydroxyl groups is 2. The number of hydrogen-bond acceptors (Lipinski definition) is 16. The van der Waals surface area contributed by atoms with Gasteiger partial charge in [0.05, 0.1) is 41.2 Å². The normalized spacial score (nSPS) is 31.1. The minimum Gasteiger partial charge on any atom is -0.507 e. The average Bonchev–Trinajstić information content (AvgIpc) is 3.84. The number of methoxy groups -OCH3 is 1. The molecule has 0 aromatic heterocycles. The summed E-state index contributed by atoms with van der Waals surface area (Å²) in [6.07, 6.45) is 5.52. The van der Waals surface area contributed by atoms with Crippen molar-refractivity contribution in [2.75, 3.05) is 59.2 Å². The third kappa shape index (κ3) is 10.7. The van der Waals surface area contributed by atoms with Crippen LogP contribution in [-0.2, 0) is 28.6 Å². The van der Waals surface area contributed by atoms with Gasteiger partial charge in [-0.2, -0.15) is 0 Å². The number of carbonyl (C=O) groups is 4. The zero-order chi connectivity index (χ0) is 52.7. The van der Waals surface area contributed by atoms with Crippen LogP contribution in [0.25, 0.3) is 10.8 Å². The van der Waals surface area contributed by atoms with Gasteiger partial charge in [0.2, 0.25) is 5.91 Å². The van der Waals surface area contributed by atoms with E-state index in [1.54, 1.807) is 58.6 Å². The fourth-order valence-corrected chi connectivity index (χ4v) is 11.1. The SMILES string of the molecule is CO[C@H]1/C=C/O[C@@]2(C)Oc3c(C)c(O)c4c(O)c(c5c(c4c3C2=O)NC2(CCN(CC(C)C)CC2)N=5)=NC(=O)/C(C)=C\C=C\[C@H](C)[C@H](O)[C@@H](C)[C@@H](O)[C@@H](C)[C@H](OC(=O)CC(=O)N2CCC(N(C)C)CC2)[C@@H]1C. The van der Waals surface area contributed by atoms with E-state index < -0.39 is 95.1 Å². The number of hydrogen-bond donors (Lipinski definition) is 5. The van der Waals surface area contributed by atoms with Crippen LogP contribution in [0.15, 0.2) is 46.1 Å². The molecule has 2 saturated heterocycles. The van der Waals surface area contributed by atoms with E-state index in [1.165, 1.54) is 32.4 Å². The lowest BCUT2D eigenvalue weighted by atomic mass is 9.78. The van der Waals surface area contributed by atoms with E-state index >= 15 is 0 Å². The molecule has 0 saturated carbocycles. The van der Waals surface area contributed by atoms with Gasteiger partial charge in [0, 0.05) is 106 Å². The molecule has 6 aliphatic rings. The molecule has 9 atom stereocenters. The molecule has 2 aromatic carbocycles. The van der Waals surface area contributed by atoms with Crippen LogP contribution < -0.4 is 20.8 Å². The van der Waals surface area contributed by atoms with Crippen molar-refractivity contribution in [3.8, 4) is 17.2 Å². The number of aliphatic hydroxyl groups excluding tert-OH is 2. The number of likely N-dealkylation sites (tertiary alicyclic amines) is 2. The minimum absolute atomic E-state index is 0.0294. The summed E-state index contributed by atoms with van der Waals surface area (Å²) in [5, 5.41) is 51.3. The fourth-order valence-electron chi connectivity index (χ4n) is 11.1. The van der Waals surface area contributed by atoms with Gasteiger partial charge in [-0.3, -0.25) is 24.2 Å². The summed E-state index contributed by atoms with van der Waals surface area (Å²) in [7, 11) is 5.46. The molecule has 2 amide bonds. The summed E-state index contributed by atoms with van der Waals surface area (Å²) < 4.78 is 24.6. The predicted molar refractivity (Wildman–Crippen MR) is 270 cm³/mol. The number of ether oxygens (including phenoxy) is 4. The molecule has 2 aromatic rings. The molecule has 394 valence electrons. The summed E-state index contributed by atoms with van der Waals surface area (Å²) in [6, 6.07) is 0.333. The van der Waals surface area contributed by atoms with Crippen LogP contribution in [0.1, 0.15) is 103 Å². The molecule has 18 heteroatoms. The highest BCUT2D eigenvalue weighted by atomic mass is 16.7. The number of carbonyl (C=O) groups excluding carboxylic acids is 4. The lowest BCUT2D eigenvalue weighted by Crippen LogP contribution is -2.47. The van der Waals surface area contributed by atoms with E-state index in [0.717, 1.165) is 19.4 Å². The number of nitrogens with one attached hydrogen (secondary N) is 1. The summed E-state index contributed by atoms with van der Waals surface area (Å²) >= 11 is 0. The second kappa shape index (κ2) is 21.6. The van der Waals surface area contributed by atoms with Gasteiger partial charge in [0.25, 0.3) is 11.7 Å². The Morgan fingerprint density at radius 2 is 1.60 bits per heavy atom. The number of rotatable bonds is 7. The second-order valence-corrected chi connectivity index (χ2v) is 21.6. The molecule has 6 aliphatic heterocycles. The molecule has 8 rings (SSSR count). The van der Waals surface area contributed by atoms with E-state index in [1.807, 2.05) is 14.1 Å². The molecule has 0 radical (unpaired) electrons. The van der Waals surface area contributed by atoms with Gasteiger partial charge in [0.1, 0.15) is 40.4 Å². The quantitative estimate of drug-likeness (QED) is 0.144. The smallest absolute Gasteiger partial charge is 0.315 e. The Labute approximate surface area is 422 Å². The first-order valence-electron chi connectivity index (χ1n) is 25.5. The Bertz CT molecular complexity index is 2650. The monoisotopic (exact) mass is 1000 g/mol. The number of aromatic hydroxyl groups is 2. The molecule has 2 fully saturated rings. The summed E-state index contributed by atoms with van der Waals surface area (Å²) in [5.74, 6) is -7.76. The lowest BCUT2D eigenvalue weighted by molar-refractivity contribution is -0.165. The van der Waals surface area contributed by atoms with Crippen molar-refractivity contribution < 1.29 is 58.6 Å². The number of amides is 2. The third-order valence-corrected chi connectivity index (χ3v) is 15.7. The molecule has 5 bridgehead atoms. The molecule has 72 heavy (non-hydrogen) atoms. The number of benzene rings is 2. The van der Waals surface area contributed by atoms with Crippen molar-refractivity contribution in [1.82, 2.24) is 14.7 Å². The van der Waals surface area contributed by atoms with E-state index in [4.69, 9.17) is 23.9 Å². The Kier molecular flexibility index (Phi) is 16.3. The van der Waals surface area contributed by atoms with Crippen molar-refractivity contribution in [3.63, 3.8) is 0 Å². The summed E-state index contributed by atoms with van der Waals surface area (Å²) in [6.45, 7) is 19.1. The maximum Gasteiger partial charge on any atom is 0.315 e. The molecule has 18 nitrogen and oxygen atoms in total. The van der Waals surface area contributed by atoms with Gasteiger partial charge < -0.3 is 59.4 Å². The van der Waals surface area contributed by atoms with Crippen molar-refractivity contribution in [1.29, 1.82) is 0 Å². The van der Waals surface area contributed by atoms with Gasteiger partial charge in [-0.25, -0.2) is 4.99 Å². The number of allylic oxidation sites excluding steroid dienone is 2. The first-order chi connectivity index (χ1) is 33.9. The highest BCUT2D eigenvalue weighted by Gasteiger charge is 2.51. The molecule has 1 spiro atoms. The number of anilines is 1. The molecular formula is C54H76N6O12. The predicted octanol–water partition coefficient (Wildman–Crippen LogP) is 4.67. The van der Waals surface area contributed by atoms with Crippen molar-refractivity contribution in [2.45, 2.75) is 136 Å². The van der Waals surface area contributed by atoms with E-state index in [0.29, 0.717) is 56.7 Å². The Balaban J connectivity index is 1.30. The molecule has 5 N–H and O–H groups in total. The van der Waals surface area contributed by atoms with Gasteiger partial charge in [0.15, 0.2) is 5.75 Å².